The number of aryl methyl sites for hydroxylation is 1. The molecule has 0 spiro atoms. The largest absolute Gasteiger partial charge is 0.352 e. The highest BCUT2D eigenvalue weighted by Crippen LogP contribution is 2.27. The lowest BCUT2D eigenvalue weighted by Crippen LogP contribution is -2.53. The molecule has 0 bridgehead atoms. The molecule has 0 heterocycles. The molecule has 0 saturated carbocycles. The molecule has 0 aromatic heterocycles. The van der Waals surface area contributed by atoms with Gasteiger partial charge in [-0.2, -0.15) is 0 Å². The van der Waals surface area contributed by atoms with Gasteiger partial charge in [0.15, 0.2) is 0 Å². The van der Waals surface area contributed by atoms with Gasteiger partial charge in [-0.15, -0.1) is 0 Å². The molecule has 10 heteroatoms. The normalized spacial score (nSPS) is 12.2. The summed E-state index contributed by atoms with van der Waals surface area (Å²) in [6, 6.07) is 17.7. The van der Waals surface area contributed by atoms with E-state index in [1.807, 2.05) is 20.8 Å². The minimum Gasteiger partial charge on any atom is -0.352 e. The third kappa shape index (κ3) is 7.89. The van der Waals surface area contributed by atoms with Crippen molar-refractivity contribution >= 4 is 43.5 Å². The maximum atomic E-state index is 14.0. The molecule has 3 rings (SSSR count). The van der Waals surface area contributed by atoms with Crippen LogP contribution in [0.1, 0.15) is 38.3 Å². The van der Waals surface area contributed by atoms with Gasteiger partial charge >= 0.3 is 0 Å². The fraction of sp³-hybridized carbons (Fsp3) is 0.310. The monoisotopic (exact) mass is 617 g/mol. The molecule has 39 heavy (non-hydrogen) atoms. The van der Waals surface area contributed by atoms with Gasteiger partial charge in [-0.25, -0.2) is 12.8 Å². The van der Waals surface area contributed by atoms with Crippen LogP contribution in [0, 0.1) is 12.7 Å². The van der Waals surface area contributed by atoms with Crippen molar-refractivity contribution in [3.8, 4) is 0 Å². The van der Waals surface area contributed by atoms with E-state index in [9.17, 15) is 22.4 Å². The Kier molecular flexibility index (Phi) is 10.3. The molecule has 1 atom stereocenters. The van der Waals surface area contributed by atoms with Crippen molar-refractivity contribution in [1.29, 1.82) is 0 Å². The summed E-state index contributed by atoms with van der Waals surface area (Å²) in [6.45, 7) is 6.73. The second-order valence-electron chi connectivity index (χ2n) is 9.54. The van der Waals surface area contributed by atoms with E-state index in [1.165, 1.54) is 41.3 Å². The van der Waals surface area contributed by atoms with Crippen LogP contribution in [0.3, 0.4) is 0 Å². The minimum atomic E-state index is -4.15. The molecule has 208 valence electrons. The standard InChI is InChI=1S/C29H33BrFN3O4S/c1-5-27(29(36)32-20(2)3)33(18-22-11-13-24(31)14-12-22)28(35)19-34(25-8-6-7-23(30)17-25)39(37,38)26-15-9-21(4)10-16-26/h6-17,20,27H,5,18-19H2,1-4H3,(H,32,36)/t27-/m1/s1. The molecule has 0 aliphatic rings. The quantitative estimate of drug-likeness (QED) is 0.311. The van der Waals surface area contributed by atoms with Crippen LogP contribution in [0.5, 0.6) is 0 Å². The van der Waals surface area contributed by atoms with Crippen LogP contribution >= 0.6 is 15.9 Å². The zero-order chi connectivity index (χ0) is 28.7. The van der Waals surface area contributed by atoms with E-state index >= 15 is 0 Å². The van der Waals surface area contributed by atoms with Crippen LogP contribution in [-0.4, -0.2) is 43.8 Å². The van der Waals surface area contributed by atoms with E-state index < -0.39 is 34.3 Å². The first kappa shape index (κ1) is 30.3. The number of sulfonamides is 1. The summed E-state index contributed by atoms with van der Waals surface area (Å²) in [7, 11) is -4.15. The van der Waals surface area contributed by atoms with E-state index in [1.54, 1.807) is 43.3 Å². The number of amides is 2. The number of rotatable bonds is 11. The summed E-state index contributed by atoms with van der Waals surface area (Å²) in [5.74, 6) is -1.34. The second kappa shape index (κ2) is 13.2. The topological polar surface area (TPSA) is 86.8 Å². The van der Waals surface area contributed by atoms with Gasteiger partial charge in [0.1, 0.15) is 18.4 Å². The predicted octanol–water partition coefficient (Wildman–Crippen LogP) is 5.42. The van der Waals surface area contributed by atoms with E-state index in [-0.39, 0.29) is 23.4 Å². The van der Waals surface area contributed by atoms with Crippen molar-refractivity contribution in [2.75, 3.05) is 10.8 Å². The first-order valence-corrected chi connectivity index (χ1v) is 14.8. The fourth-order valence-electron chi connectivity index (χ4n) is 4.08. The third-order valence-electron chi connectivity index (χ3n) is 6.07. The van der Waals surface area contributed by atoms with Gasteiger partial charge in [0.05, 0.1) is 10.6 Å². The molecule has 0 saturated heterocycles. The Morgan fingerprint density at radius 1 is 1.00 bits per heavy atom. The molecule has 1 N–H and O–H groups in total. The zero-order valence-electron chi connectivity index (χ0n) is 22.4. The van der Waals surface area contributed by atoms with Gasteiger partial charge in [0.2, 0.25) is 11.8 Å². The highest BCUT2D eigenvalue weighted by atomic mass is 79.9. The Morgan fingerprint density at radius 2 is 1.64 bits per heavy atom. The van der Waals surface area contributed by atoms with Crippen molar-refractivity contribution in [2.24, 2.45) is 0 Å². The number of hydrogen-bond acceptors (Lipinski definition) is 4. The summed E-state index contributed by atoms with van der Waals surface area (Å²) < 4.78 is 43.0. The van der Waals surface area contributed by atoms with Crippen LogP contribution in [0.4, 0.5) is 10.1 Å². The number of nitrogens with zero attached hydrogens (tertiary/aromatic N) is 2. The van der Waals surface area contributed by atoms with Crippen molar-refractivity contribution in [1.82, 2.24) is 10.2 Å². The summed E-state index contributed by atoms with van der Waals surface area (Å²) in [6.07, 6.45) is 0.299. The van der Waals surface area contributed by atoms with Crippen LogP contribution in [0.15, 0.2) is 82.2 Å². The maximum absolute atomic E-state index is 14.0. The van der Waals surface area contributed by atoms with Gasteiger partial charge in [0, 0.05) is 17.1 Å². The molecule has 7 nitrogen and oxygen atoms in total. The van der Waals surface area contributed by atoms with Crippen molar-refractivity contribution in [2.45, 2.75) is 57.6 Å². The number of nitrogens with one attached hydrogen (secondary N) is 1. The van der Waals surface area contributed by atoms with Gasteiger partial charge in [0.25, 0.3) is 10.0 Å². The molecule has 3 aromatic carbocycles. The van der Waals surface area contributed by atoms with Gasteiger partial charge in [-0.1, -0.05) is 58.7 Å². The van der Waals surface area contributed by atoms with Crippen molar-refractivity contribution in [3.63, 3.8) is 0 Å². The average molecular weight is 619 g/mol. The lowest BCUT2D eigenvalue weighted by atomic mass is 10.1. The SMILES string of the molecule is CC[C@H](C(=O)NC(C)C)N(Cc1ccc(F)cc1)C(=O)CN(c1cccc(Br)c1)S(=O)(=O)c1ccc(C)cc1. The summed E-state index contributed by atoms with van der Waals surface area (Å²) >= 11 is 3.38. The molecule has 0 radical (unpaired) electrons. The first-order valence-electron chi connectivity index (χ1n) is 12.6. The van der Waals surface area contributed by atoms with Crippen LogP contribution < -0.4 is 9.62 Å². The average Bonchev–Trinajstić information content (AvgIpc) is 2.88. The minimum absolute atomic E-state index is 0.0000384. The van der Waals surface area contributed by atoms with E-state index in [4.69, 9.17) is 0 Å². The van der Waals surface area contributed by atoms with Crippen molar-refractivity contribution < 1.29 is 22.4 Å². The van der Waals surface area contributed by atoms with Gasteiger partial charge in [-0.05, 0) is 75.2 Å². The zero-order valence-corrected chi connectivity index (χ0v) is 24.8. The van der Waals surface area contributed by atoms with Gasteiger partial charge in [-0.3, -0.25) is 13.9 Å². The Bertz CT molecular complexity index is 1400. The third-order valence-corrected chi connectivity index (χ3v) is 8.35. The molecular weight excluding hydrogens is 585 g/mol. The van der Waals surface area contributed by atoms with E-state index in [2.05, 4.69) is 21.2 Å². The highest BCUT2D eigenvalue weighted by molar-refractivity contribution is 9.10. The lowest BCUT2D eigenvalue weighted by Gasteiger charge is -2.33. The summed E-state index contributed by atoms with van der Waals surface area (Å²) in [5.41, 5.74) is 1.79. The fourth-order valence-corrected chi connectivity index (χ4v) is 5.88. The Morgan fingerprint density at radius 3 is 2.21 bits per heavy atom. The molecule has 0 unspecified atom stereocenters. The van der Waals surface area contributed by atoms with Crippen LogP contribution in [-0.2, 0) is 26.2 Å². The molecule has 0 aliphatic carbocycles. The maximum Gasteiger partial charge on any atom is 0.264 e. The number of carbonyl (C=O) groups is 2. The number of carbonyl (C=O) groups excluding carboxylic acids is 2. The summed E-state index contributed by atoms with van der Waals surface area (Å²) in [5, 5.41) is 2.85. The first-order chi connectivity index (χ1) is 18.4. The Labute approximate surface area is 238 Å². The Hall–Kier alpha value is -3.24. The lowest BCUT2D eigenvalue weighted by molar-refractivity contribution is -0.140. The predicted molar refractivity (Wildman–Crippen MR) is 154 cm³/mol. The van der Waals surface area contributed by atoms with E-state index in [0.29, 0.717) is 22.1 Å². The number of halogens is 2. The molecule has 3 aromatic rings. The second-order valence-corrected chi connectivity index (χ2v) is 12.3. The van der Waals surface area contributed by atoms with Gasteiger partial charge < -0.3 is 10.2 Å². The molecular formula is C29H33BrFN3O4S. The summed E-state index contributed by atoms with van der Waals surface area (Å²) in [4.78, 5) is 28.5. The highest BCUT2D eigenvalue weighted by Gasteiger charge is 2.34. The van der Waals surface area contributed by atoms with Crippen molar-refractivity contribution in [3.05, 3.63) is 94.2 Å². The van der Waals surface area contributed by atoms with E-state index in [0.717, 1.165) is 9.87 Å². The number of hydrogen-bond donors (Lipinski definition) is 1. The molecule has 0 fully saturated rings. The number of benzene rings is 3. The van der Waals surface area contributed by atoms with Crippen LogP contribution in [0.25, 0.3) is 0 Å². The molecule has 2 amide bonds. The molecule has 0 aliphatic heterocycles. The van der Waals surface area contributed by atoms with Crippen LogP contribution in [0.2, 0.25) is 0 Å². The number of anilines is 1. The Balaban J connectivity index is 2.06. The smallest absolute Gasteiger partial charge is 0.264 e.